The Morgan fingerprint density at radius 3 is 2.76 bits per heavy atom. The van der Waals surface area contributed by atoms with E-state index in [4.69, 9.17) is 5.41 Å². The molecule has 0 amide bonds. The summed E-state index contributed by atoms with van der Waals surface area (Å²) >= 11 is 0. The molecule has 4 heteroatoms. The second-order valence-corrected chi connectivity index (χ2v) is 3.84. The first kappa shape index (κ1) is 11.3. The van der Waals surface area contributed by atoms with Crippen LogP contribution in [-0.4, -0.2) is 16.5 Å². The van der Waals surface area contributed by atoms with Crippen LogP contribution in [0.15, 0.2) is 47.6 Å². The third kappa shape index (κ3) is 2.68. The van der Waals surface area contributed by atoms with Crippen LogP contribution in [0.4, 0.5) is 5.69 Å². The van der Waals surface area contributed by atoms with Crippen molar-refractivity contribution in [2.75, 3.05) is 0 Å². The fourth-order valence-electron chi connectivity index (χ4n) is 1.50. The number of nitrogens with two attached hydrogens (primary N) is 1. The molecular weight excluding hydrogens is 214 g/mol. The zero-order valence-electron chi connectivity index (χ0n) is 9.51. The first-order valence-electron chi connectivity index (χ1n) is 5.31. The SMILES string of the molecule is Cc1ccc(O)c([NH2+]/N=C2/C=CC=CC2=N)c1. The van der Waals surface area contributed by atoms with Gasteiger partial charge in [0.25, 0.3) is 0 Å². The highest BCUT2D eigenvalue weighted by atomic mass is 16.3. The molecule has 0 radical (unpaired) electrons. The number of hydrogen-bond donors (Lipinski definition) is 3. The molecule has 0 unspecified atom stereocenters. The molecule has 0 saturated carbocycles. The Balaban J connectivity index is 2.19. The summed E-state index contributed by atoms with van der Waals surface area (Å²) in [5, 5.41) is 21.5. The number of aryl methyl sites for hydroxylation is 1. The van der Waals surface area contributed by atoms with E-state index in [1.54, 1.807) is 29.7 Å². The number of nitrogens with one attached hydrogen (secondary N) is 1. The maximum Gasteiger partial charge on any atom is 0.198 e. The number of quaternary nitrogens is 1. The molecule has 1 aliphatic rings. The number of allylic oxidation sites excluding steroid dienone is 4. The number of rotatable bonds is 2. The molecule has 2 rings (SSSR count). The van der Waals surface area contributed by atoms with Gasteiger partial charge in [-0.3, -0.25) is 5.41 Å². The molecule has 0 heterocycles. The Labute approximate surface area is 99.5 Å². The summed E-state index contributed by atoms with van der Waals surface area (Å²) in [6.45, 7) is 1.95. The highest BCUT2D eigenvalue weighted by molar-refractivity contribution is 6.49. The van der Waals surface area contributed by atoms with Gasteiger partial charge in [-0.1, -0.05) is 23.3 Å². The van der Waals surface area contributed by atoms with E-state index >= 15 is 0 Å². The predicted octanol–water partition coefficient (Wildman–Crippen LogP) is 1.40. The highest BCUT2D eigenvalue weighted by Gasteiger charge is 2.08. The van der Waals surface area contributed by atoms with Gasteiger partial charge in [0.15, 0.2) is 11.4 Å². The minimum atomic E-state index is 0.196. The van der Waals surface area contributed by atoms with Crippen molar-refractivity contribution in [3.63, 3.8) is 0 Å². The average Bonchev–Trinajstić information content (AvgIpc) is 2.32. The second kappa shape index (κ2) is 4.76. The fourth-order valence-corrected chi connectivity index (χ4v) is 1.50. The molecule has 1 aromatic rings. The number of aromatic hydroxyl groups is 1. The lowest BCUT2D eigenvalue weighted by atomic mass is 10.1. The molecule has 0 saturated heterocycles. The first-order valence-corrected chi connectivity index (χ1v) is 5.31. The number of phenols is 1. The Morgan fingerprint density at radius 1 is 1.24 bits per heavy atom. The number of nitrogens with zero attached hydrogens (tertiary/aromatic N) is 1. The predicted molar refractivity (Wildman–Crippen MR) is 67.9 cm³/mol. The van der Waals surface area contributed by atoms with Gasteiger partial charge in [0, 0.05) is 6.07 Å². The van der Waals surface area contributed by atoms with Crippen LogP contribution in [-0.2, 0) is 0 Å². The lowest BCUT2D eigenvalue weighted by Gasteiger charge is -2.02. The Bertz CT molecular complexity index is 542. The minimum absolute atomic E-state index is 0.196. The van der Waals surface area contributed by atoms with E-state index in [1.165, 1.54) is 0 Å². The van der Waals surface area contributed by atoms with E-state index in [9.17, 15) is 5.11 Å². The van der Waals surface area contributed by atoms with Crippen LogP contribution in [0.3, 0.4) is 0 Å². The van der Waals surface area contributed by atoms with Crippen molar-refractivity contribution in [2.45, 2.75) is 6.92 Å². The summed E-state index contributed by atoms with van der Waals surface area (Å²) in [7, 11) is 0. The van der Waals surface area contributed by atoms with Gasteiger partial charge in [0.05, 0.1) is 5.71 Å². The van der Waals surface area contributed by atoms with Gasteiger partial charge in [0.1, 0.15) is 5.71 Å². The van der Waals surface area contributed by atoms with Crippen LogP contribution >= 0.6 is 0 Å². The van der Waals surface area contributed by atoms with Gasteiger partial charge in [-0.25, -0.2) is 0 Å². The van der Waals surface area contributed by atoms with Crippen LogP contribution in [0.25, 0.3) is 0 Å². The molecule has 4 N–H and O–H groups in total. The van der Waals surface area contributed by atoms with Gasteiger partial charge in [-0.2, -0.15) is 5.43 Å². The Kier molecular flexibility index (Phi) is 3.16. The summed E-state index contributed by atoms with van der Waals surface area (Å²) < 4.78 is 0. The minimum Gasteiger partial charge on any atom is -0.503 e. The molecule has 4 nitrogen and oxygen atoms in total. The molecule has 0 atom stereocenters. The summed E-state index contributed by atoms with van der Waals surface area (Å²) in [5.41, 5.74) is 4.26. The fraction of sp³-hybridized carbons (Fsp3) is 0.0769. The molecule has 0 aromatic heterocycles. The topological polar surface area (TPSA) is 73.1 Å². The van der Waals surface area contributed by atoms with Crippen LogP contribution in [0, 0.1) is 12.3 Å². The van der Waals surface area contributed by atoms with Crippen molar-refractivity contribution in [1.82, 2.24) is 0 Å². The Morgan fingerprint density at radius 2 is 2.00 bits per heavy atom. The van der Waals surface area contributed by atoms with E-state index in [0.717, 1.165) is 5.56 Å². The van der Waals surface area contributed by atoms with Gasteiger partial charge in [0.2, 0.25) is 0 Å². The maximum atomic E-state index is 9.64. The van der Waals surface area contributed by atoms with E-state index in [-0.39, 0.29) is 5.75 Å². The van der Waals surface area contributed by atoms with Gasteiger partial charge in [-0.05, 0) is 30.7 Å². The lowest BCUT2D eigenvalue weighted by Crippen LogP contribution is -2.71. The summed E-state index contributed by atoms with van der Waals surface area (Å²) in [4.78, 5) is 0. The molecule has 0 spiro atoms. The van der Waals surface area contributed by atoms with Crippen molar-refractivity contribution < 1.29 is 10.5 Å². The number of benzene rings is 1. The molecule has 1 aliphatic carbocycles. The first-order chi connectivity index (χ1) is 8.16. The van der Waals surface area contributed by atoms with Crippen molar-refractivity contribution in [3.05, 3.63) is 48.1 Å². The van der Waals surface area contributed by atoms with Crippen molar-refractivity contribution >= 4 is 17.1 Å². The molecule has 0 fully saturated rings. The molecule has 0 bridgehead atoms. The Hall–Kier alpha value is -2.20. The molecule has 17 heavy (non-hydrogen) atoms. The summed E-state index contributed by atoms with van der Waals surface area (Å²) in [5.74, 6) is 0.196. The van der Waals surface area contributed by atoms with E-state index in [2.05, 4.69) is 5.10 Å². The zero-order valence-corrected chi connectivity index (χ0v) is 9.51. The lowest BCUT2D eigenvalue weighted by molar-refractivity contribution is -0.577. The van der Waals surface area contributed by atoms with E-state index < -0.39 is 0 Å². The van der Waals surface area contributed by atoms with Crippen molar-refractivity contribution in [3.8, 4) is 5.75 Å². The van der Waals surface area contributed by atoms with Crippen LogP contribution in [0.1, 0.15) is 5.56 Å². The highest BCUT2D eigenvalue weighted by Crippen LogP contribution is 2.18. The smallest absolute Gasteiger partial charge is 0.198 e. The quantitative estimate of drug-likeness (QED) is 0.231. The van der Waals surface area contributed by atoms with Crippen LogP contribution in [0.2, 0.25) is 0 Å². The van der Waals surface area contributed by atoms with Crippen molar-refractivity contribution in [2.24, 2.45) is 5.10 Å². The number of hydrogen-bond acceptors (Lipinski definition) is 3. The zero-order chi connectivity index (χ0) is 12.3. The summed E-state index contributed by atoms with van der Waals surface area (Å²) in [6, 6.07) is 5.33. The largest absolute Gasteiger partial charge is 0.503 e. The summed E-state index contributed by atoms with van der Waals surface area (Å²) in [6.07, 6.45) is 7.08. The molecule has 1 aromatic carbocycles. The molecule has 0 aliphatic heterocycles. The maximum absolute atomic E-state index is 9.64. The standard InChI is InChI=1S/C13H13N3O/c1-9-6-7-13(17)12(8-9)16-15-11-5-3-2-4-10(11)14/h2-8,14,16-17H,1H3/p+1/b14-10?,15-11-. The normalized spacial score (nSPS) is 16.8. The van der Waals surface area contributed by atoms with Crippen LogP contribution in [0.5, 0.6) is 5.75 Å². The molecule has 86 valence electrons. The van der Waals surface area contributed by atoms with Crippen molar-refractivity contribution in [1.29, 1.82) is 5.41 Å². The second-order valence-electron chi connectivity index (χ2n) is 3.84. The molecular formula is C13H14N3O+. The monoisotopic (exact) mass is 228 g/mol. The van der Waals surface area contributed by atoms with Crippen LogP contribution < -0.4 is 5.43 Å². The van der Waals surface area contributed by atoms with E-state index in [1.807, 2.05) is 25.1 Å². The average molecular weight is 228 g/mol. The third-order valence-corrected chi connectivity index (χ3v) is 2.43. The number of phenolic OH excluding ortho intramolecular Hbond substituents is 1. The van der Waals surface area contributed by atoms with E-state index in [0.29, 0.717) is 17.1 Å². The van der Waals surface area contributed by atoms with Gasteiger partial charge < -0.3 is 5.11 Å². The van der Waals surface area contributed by atoms with Gasteiger partial charge in [-0.15, -0.1) is 0 Å². The van der Waals surface area contributed by atoms with Gasteiger partial charge >= 0.3 is 0 Å². The third-order valence-electron chi connectivity index (χ3n) is 2.43.